The van der Waals surface area contributed by atoms with Crippen LogP contribution in [-0.4, -0.2) is 92.4 Å². The minimum absolute atomic E-state index is 0.0265. The fourth-order valence-electron chi connectivity index (χ4n) is 5.19. The summed E-state index contributed by atoms with van der Waals surface area (Å²) in [5.74, 6) is -3.45. The smallest absolute Gasteiger partial charge is 0.319 e. The molecule has 0 bridgehead atoms. The standard InChI is InChI=1S/C27H32F4N6O3/c1-33-25(38)19-3-2-16(13-21(19)37-8-6-36(7-9-37)15-27(30,31)26(28)29)17-12-20-23(24(32)35-34-20)22(14-17)40-18-4-10-39-11-5-18/h2-3,12-14,18,26H,4-11,15H2,1H3,(H,33,38)(H3,32,34,35). The number of ether oxygens (including phenoxy) is 2. The number of hydrogen-bond acceptors (Lipinski definition) is 7. The van der Waals surface area contributed by atoms with Crippen molar-refractivity contribution in [3.63, 3.8) is 0 Å². The Bertz CT molecular complexity index is 1350. The van der Waals surface area contributed by atoms with Gasteiger partial charge in [0, 0.05) is 46.1 Å². The van der Waals surface area contributed by atoms with E-state index in [-0.39, 0.29) is 25.1 Å². The number of anilines is 2. The van der Waals surface area contributed by atoms with Crippen molar-refractivity contribution in [3.8, 4) is 16.9 Å². The monoisotopic (exact) mass is 564 g/mol. The van der Waals surface area contributed by atoms with Crippen molar-refractivity contribution < 1.29 is 31.8 Å². The molecule has 0 saturated carbocycles. The van der Waals surface area contributed by atoms with Gasteiger partial charge in [0.25, 0.3) is 5.91 Å². The molecule has 3 heterocycles. The van der Waals surface area contributed by atoms with E-state index < -0.39 is 18.9 Å². The fraction of sp³-hybridized carbons (Fsp3) is 0.481. The lowest BCUT2D eigenvalue weighted by atomic mass is 9.99. The van der Waals surface area contributed by atoms with Crippen LogP contribution >= 0.6 is 0 Å². The Morgan fingerprint density at radius 3 is 2.58 bits per heavy atom. The number of benzene rings is 2. The van der Waals surface area contributed by atoms with Crippen LogP contribution in [0.4, 0.5) is 29.1 Å². The molecule has 1 amide bonds. The van der Waals surface area contributed by atoms with Gasteiger partial charge in [-0.2, -0.15) is 13.9 Å². The molecule has 0 spiro atoms. The number of piperazine rings is 1. The molecule has 0 unspecified atom stereocenters. The maximum Gasteiger partial charge on any atom is 0.319 e. The molecule has 1 aromatic heterocycles. The number of hydrogen-bond donors (Lipinski definition) is 3. The highest BCUT2D eigenvalue weighted by Crippen LogP contribution is 2.38. The molecular formula is C27H32F4N6O3. The number of nitrogen functional groups attached to an aromatic ring is 1. The minimum atomic E-state index is -4.07. The number of nitrogens with one attached hydrogen (secondary N) is 2. The number of carbonyl (C=O) groups is 1. The molecule has 0 radical (unpaired) electrons. The summed E-state index contributed by atoms with van der Waals surface area (Å²) in [6.07, 6.45) is -2.24. The molecule has 9 nitrogen and oxygen atoms in total. The van der Waals surface area contributed by atoms with Crippen molar-refractivity contribution in [2.24, 2.45) is 0 Å². The molecule has 0 atom stereocenters. The lowest BCUT2D eigenvalue weighted by molar-refractivity contribution is -0.142. The van der Waals surface area contributed by atoms with E-state index in [2.05, 4.69) is 15.5 Å². The number of halogens is 4. The first kappa shape index (κ1) is 28.0. The normalized spacial score (nSPS) is 17.5. The van der Waals surface area contributed by atoms with Crippen molar-refractivity contribution in [3.05, 3.63) is 35.9 Å². The largest absolute Gasteiger partial charge is 0.489 e. The molecule has 2 saturated heterocycles. The third-order valence-corrected chi connectivity index (χ3v) is 7.39. The minimum Gasteiger partial charge on any atom is -0.489 e. The quantitative estimate of drug-likeness (QED) is 0.358. The van der Waals surface area contributed by atoms with Gasteiger partial charge < -0.3 is 25.4 Å². The van der Waals surface area contributed by atoms with Crippen molar-refractivity contribution in [2.75, 3.05) is 63.6 Å². The number of carbonyl (C=O) groups excluding carboxylic acids is 1. The predicted molar refractivity (Wildman–Crippen MR) is 143 cm³/mol. The number of rotatable bonds is 8. The number of aromatic nitrogens is 2. The zero-order chi connectivity index (χ0) is 28.4. The van der Waals surface area contributed by atoms with Crippen LogP contribution in [0.15, 0.2) is 30.3 Å². The van der Waals surface area contributed by atoms with Crippen LogP contribution in [0.25, 0.3) is 22.0 Å². The summed E-state index contributed by atoms with van der Waals surface area (Å²) < 4.78 is 64.4. The molecule has 2 aromatic carbocycles. The van der Waals surface area contributed by atoms with Crippen molar-refractivity contribution in [2.45, 2.75) is 31.3 Å². The molecule has 4 N–H and O–H groups in total. The van der Waals surface area contributed by atoms with Gasteiger partial charge in [-0.25, -0.2) is 8.78 Å². The number of H-pyrrole nitrogens is 1. The molecule has 13 heteroatoms. The summed E-state index contributed by atoms with van der Waals surface area (Å²) in [7, 11) is 1.53. The van der Waals surface area contributed by atoms with Crippen LogP contribution in [0, 0.1) is 0 Å². The van der Waals surface area contributed by atoms with Crippen LogP contribution in [0.3, 0.4) is 0 Å². The highest BCUT2D eigenvalue weighted by Gasteiger charge is 2.42. The van der Waals surface area contributed by atoms with E-state index in [1.165, 1.54) is 11.9 Å². The van der Waals surface area contributed by atoms with Gasteiger partial charge in [-0.1, -0.05) is 6.07 Å². The van der Waals surface area contributed by atoms with Crippen LogP contribution in [0.1, 0.15) is 23.2 Å². The molecule has 0 aliphatic carbocycles. The zero-order valence-electron chi connectivity index (χ0n) is 22.1. The number of nitrogens with two attached hydrogens (primary N) is 1. The van der Waals surface area contributed by atoms with E-state index in [0.29, 0.717) is 60.0 Å². The fourth-order valence-corrected chi connectivity index (χ4v) is 5.19. The Hall–Kier alpha value is -3.58. The van der Waals surface area contributed by atoms with E-state index in [1.54, 1.807) is 6.07 Å². The van der Waals surface area contributed by atoms with Gasteiger partial charge >= 0.3 is 12.3 Å². The van der Waals surface area contributed by atoms with E-state index in [4.69, 9.17) is 15.2 Å². The third-order valence-electron chi connectivity index (χ3n) is 7.39. The average Bonchev–Trinajstić information content (AvgIpc) is 3.33. The number of amides is 1. The van der Waals surface area contributed by atoms with Crippen LogP contribution in [0.5, 0.6) is 5.75 Å². The highest BCUT2D eigenvalue weighted by molar-refractivity contribution is 6.01. The van der Waals surface area contributed by atoms with Crippen LogP contribution in [-0.2, 0) is 4.74 Å². The Morgan fingerprint density at radius 1 is 1.18 bits per heavy atom. The maximum absolute atomic E-state index is 13.6. The van der Waals surface area contributed by atoms with Gasteiger partial charge in [0.1, 0.15) is 11.9 Å². The Morgan fingerprint density at radius 2 is 1.90 bits per heavy atom. The summed E-state index contributed by atoms with van der Waals surface area (Å²) in [6, 6.07) is 9.20. The SMILES string of the molecule is CNC(=O)c1ccc(-c2cc(OC3CCOCC3)c3c(N)n[nH]c3c2)cc1N1CCN(CC(F)(F)C(F)F)CC1. The molecule has 2 aliphatic heterocycles. The molecule has 2 aliphatic rings. The van der Waals surface area contributed by atoms with Gasteiger partial charge in [0.15, 0.2) is 5.82 Å². The first-order chi connectivity index (χ1) is 19.2. The number of alkyl halides is 4. The Balaban J connectivity index is 1.45. The number of aromatic amines is 1. The second-order valence-electron chi connectivity index (χ2n) is 10.1. The van der Waals surface area contributed by atoms with Gasteiger partial charge in [-0.3, -0.25) is 14.8 Å². The second-order valence-corrected chi connectivity index (χ2v) is 10.1. The van der Waals surface area contributed by atoms with Gasteiger partial charge in [-0.05, 0) is 35.4 Å². The summed E-state index contributed by atoms with van der Waals surface area (Å²) >= 11 is 0. The van der Waals surface area contributed by atoms with E-state index in [9.17, 15) is 22.4 Å². The summed E-state index contributed by atoms with van der Waals surface area (Å²) in [6.45, 7) is 1.12. The topological polar surface area (TPSA) is 109 Å². The zero-order valence-corrected chi connectivity index (χ0v) is 22.1. The Labute approximate surface area is 228 Å². The van der Waals surface area contributed by atoms with Crippen LogP contribution in [0.2, 0.25) is 0 Å². The van der Waals surface area contributed by atoms with E-state index in [1.807, 2.05) is 29.2 Å². The van der Waals surface area contributed by atoms with Crippen LogP contribution < -0.4 is 20.7 Å². The third kappa shape index (κ3) is 5.80. The van der Waals surface area contributed by atoms with Gasteiger partial charge in [0.05, 0.1) is 41.9 Å². The lowest BCUT2D eigenvalue weighted by Crippen LogP contribution is -2.51. The summed E-state index contributed by atoms with van der Waals surface area (Å²) in [5, 5.41) is 10.4. The highest BCUT2D eigenvalue weighted by atomic mass is 19.3. The first-order valence-corrected chi connectivity index (χ1v) is 13.2. The van der Waals surface area contributed by atoms with Gasteiger partial charge in [0.2, 0.25) is 0 Å². The van der Waals surface area contributed by atoms with Crippen molar-refractivity contribution in [1.29, 1.82) is 0 Å². The van der Waals surface area contributed by atoms with E-state index >= 15 is 0 Å². The van der Waals surface area contributed by atoms with Crippen molar-refractivity contribution >= 4 is 28.3 Å². The molecule has 3 aromatic rings. The summed E-state index contributed by atoms with van der Waals surface area (Å²) in [5.41, 5.74) is 9.47. The maximum atomic E-state index is 13.6. The summed E-state index contributed by atoms with van der Waals surface area (Å²) in [4.78, 5) is 16.0. The number of nitrogens with zero attached hydrogens (tertiary/aromatic N) is 3. The average molecular weight is 565 g/mol. The van der Waals surface area contributed by atoms with Gasteiger partial charge in [-0.15, -0.1) is 0 Å². The first-order valence-electron chi connectivity index (χ1n) is 13.2. The lowest BCUT2D eigenvalue weighted by Gasteiger charge is -2.38. The predicted octanol–water partition coefficient (Wildman–Crippen LogP) is 3.75. The van der Waals surface area contributed by atoms with E-state index in [0.717, 1.165) is 24.0 Å². The Kier molecular flexibility index (Phi) is 8.04. The molecule has 5 rings (SSSR count). The molecule has 216 valence electrons. The number of fused-ring (bicyclic) bond motifs is 1. The molecular weight excluding hydrogens is 532 g/mol. The molecule has 40 heavy (non-hydrogen) atoms. The second kappa shape index (κ2) is 11.5. The van der Waals surface area contributed by atoms with Crippen molar-refractivity contribution in [1.82, 2.24) is 20.4 Å². The molecule has 2 fully saturated rings.